The van der Waals surface area contributed by atoms with Gasteiger partial charge in [0.1, 0.15) is 11.8 Å². The fourth-order valence-corrected chi connectivity index (χ4v) is 4.49. The lowest BCUT2D eigenvalue weighted by molar-refractivity contribution is 0.0170. The first kappa shape index (κ1) is 16.2. The monoisotopic (exact) mass is 340 g/mol. The van der Waals surface area contributed by atoms with E-state index in [0.29, 0.717) is 25.7 Å². The molecule has 0 aromatic carbocycles. The topological polar surface area (TPSA) is 74.7 Å². The molecular formula is C19H21FN4O. The number of imidazole rings is 1. The van der Waals surface area contributed by atoms with Gasteiger partial charge in [0.2, 0.25) is 0 Å². The molecule has 1 fully saturated rings. The summed E-state index contributed by atoms with van der Waals surface area (Å²) >= 11 is 0. The predicted molar refractivity (Wildman–Crippen MR) is 89.1 cm³/mol. The number of pyridine rings is 1. The van der Waals surface area contributed by atoms with Gasteiger partial charge in [-0.25, -0.2) is 9.37 Å². The fraction of sp³-hybridized carbons (Fsp3) is 0.526. The van der Waals surface area contributed by atoms with Crippen LogP contribution in [0.25, 0.3) is 0 Å². The number of fused-ring (bicyclic) bond motifs is 1. The van der Waals surface area contributed by atoms with Crippen molar-refractivity contribution >= 4 is 0 Å². The van der Waals surface area contributed by atoms with Crippen LogP contribution in [0.15, 0.2) is 36.9 Å². The van der Waals surface area contributed by atoms with Gasteiger partial charge in [0.05, 0.1) is 24.3 Å². The molecule has 1 N–H and O–H groups in total. The molecule has 0 bridgehead atoms. The summed E-state index contributed by atoms with van der Waals surface area (Å²) in [5.74, 6) is -0.377. The van der Waals surface area contributed by atoms with Crippen LogP contribution in [0.2, 0.25) is 0 Å². The van der Waals surface area contributed by atoms with Crippen molar-refractivity contribution in [2.24, 2.45) is 11.8 Å². The smallest absolute Gasteiger partial charge is 0.114 e. The van der Waals surface area contributed by atoms with Gasteiger partial charge >= 0.3 is 0 Å². The maximum Gasteiger partial charge on any atom is 0.114 e. The molecule has 3 heterocycles. The van der Waals surface area contributed by atoms with Gasteiger partial charge in [-0.2, -0.15) is 5.26 Å². The summed E-state index contributed by atoms with van der Waals surface area (Å²) in [6, 6.07) is 7.70. The summed E-state index contributed by atoms with van der Waals surface area (Å²) in [4.78, 5) is 8.51. The Labute approximate surface area is 146 Å². The van der Waals surface area contributed by atoms with Crippen molar-refractivity contribution in [3.05, 3.63) is 48.3 Å². The number of alkyl halides is 1. The number of hydrogen-bond donors (Lipinski definition) is 1. The van der Waals surface area contributed by atoms with Crippen molar-refractivity contribution in [2.45, 2.75) is 49.9 Å². The largest absolute Gasteiger partial charge is 0.383 e. The summed E-state index contributed by atoms with van der Waals surface area (Å²) in [5.41, 5.74) is 0.461. The van der Waals surface area contributed by atoms with Crippen molar-refractivity contribution in [3.8, 4) is 6.07 Å². The molecule has 2 aromatic rings. The first-order chi connectivity index (χ1) is 12.1. The average Bonchev–Trinajstić information content (AvgIpc) is 3.19. The second kappa shape index (κ2) is 6.23. The van der Waals surface area contributed by atoms with Gasteiger partial charge in [-0.1, -0.05) is 6.07 Å². The Hall–Kier alpha value is -2.26. The highest BCUT2D eigenvalue weighted by Crippen LogP contribution is 2.49. The van der Waals surface area contributed by atoms with E-state index in [0.717, 1.165) is 17.8 Å². The van der Waals surface area contributed by atoms with Gasteiger partial charge in [-0.15, -0.1) is 0 Å². The maximum absolute atomic E-state index is 14.7. The molecule has 1 saturated carbocycles. The third-order valence-electron chi connectivity index (χ3n) is 5.75. The Balaban J connectivity index is 1.60. The summed E-state index contributed by atoms with van der Waals surface area (Å²) in [5, 5.41) is 20.3. The molecule has 0 amide bonds. The first-order valence-electron chi connectivity index (χ1n) is 8.79. The van der Waals surface area contributed by atoms with Crippen molar-refractivity contribution in [3.63, 3.8) is 0 Å². The molecule has 6 heteroatoms. The lowest BCUT2D eigenvalue weighted by Crippen LogP contribution is -2.33. The highest BCUT2D eigenvalue weighted by Gasteiger charge is 2.48. The summed E-state index contributed by atoms with van der Waals surface area (Å²) in [7, 11) is 0. The minimum Gasteiger partial charge on any atom is -0.383 e. The van der Waals surface area contributed by atoms with Crippen LogP contribution in [-0.2, 0) is 12.0 Å². The van der Waals surface area contributed by atoms with Crippen LogP contribution in [0, 0.1) is 23.2 Å². The SMILES string of the molecule is N#CC1CCC([C@H]2C[C@](O)(Cc3ccccn3)c3cncn32)C(F)C1. The van der Waals surface area contributed by atoms with E-state index in [1.807, 2.05) is 22.8 Å². The Morgan fingerprint density at radius 1 is 1.40 bits per heavy atom. The molecule has 5 atom stereocenters. The molecule has 130 valence electrons. The van der Waals surface area contributed by atoms with E-state index in [2.05, 4.69) is 16.0 Å². The van der Waals surface area contributed by atoms with Crippen LogP contribution in [-0.4, -0.2) is 25.8 Å². The summed E-state index contributed by atoms with van der Waals surface area (Å²) < 4.78 is 16.7. The molecule has 2 aliphatic rings. The third kappa shape index (κ3) is 2.83. The fourth-order valence-electron chi connectivity index (χ4n) is 4.49. The van der Waals surface area contributed by atoms with Gasteiger partial charge in [-0.05, 0) is 31.4 Å². The number of nitriles is 1. The number of aliphatic hydroxyl groups is 1. The molecule has 4 rings (SSSR count). The number of aromatic nitrogens is 3. The van der Waals surface area contributed by atoms with E-state index in [1.54, 1.807) is 18.7 Å². The van der Waals surface area contributed by atoms with Crippen LogP contribution in [0.4, 0.5) is 4.39 Å². The Kier molecular flexibility index (Phi) is 4.04. The van der Waals surface area contributed by atoms with Crippen LogP contribution in [0.3, 0.4) is 0 Å². The van der Waals surface area contributed by atoms with Crippen LogP contribution >= 0.6 is 0 Å². The van der Waals surface area contributed by atoms with Gasteiger partial charge < -0.3 is 9.67 Å². The molecule has 25 heavy (non-hydrogen) atoms. The van der Waals surface area contributed by atoms with Gasteiger partial charge in [0.15, 0.2) is 0 Å². The van der Waals surface area contributed by atoms with Crippen LogP contribution in [0.5, 0.6) is 0 Å². The second-order valence-electron chi connectivity index (χ2n) is 7.31. The zero-order chi connectivity index (χ0) is 17.4. The Bertz CT molecular complexity index is 786. The van der Waals surface area contributed by atoms with E-state index in [4.69, 9.17) is 5.26 Å². The minimum atomic E-state index is -1.08. The molecule has 0 radical (unpaired) electrons. The molecule has 3 unspecified atom stereocenters. The van der Waals surface area contributed by atoms with Gasteiger partial charge in [0.25, 0.3) is 0 Å². The third-order valence-corrected chi connectivity index (χ3v) is 5.75. The van der Waals surface area contributed by atoms with E-state index < -0.39 is 11.8 Å². The zero-order valence-corrected chi connectivity index (χ0v) is 13.9. The molecule has 5 nitrogen and oxygen atoms in total. The molecule has 2 aromatic heterocycles. The second-order valence-corrected chi connectivity index (χ2v) is 7.31. The average molecular weight is 340 g/mol. The predicted octanol–water partition coefficient (Wildman–Crippen LogP) is 2.93. The highest BCUT2D eigenvalue weighted by molar-refractivity contribution is 5.22. The Morgan fingerprint density at radius 3 is 3.00 bits per heavy atom. The lowest BCUT2D eigenvalue weighted by atomic mass is 9.75. The number of nitrogens with zero attached hydrogens (tertiary/aromatic N) is 4. The lowest BCUT2D eigenvalue weighted by Gasteiger charge is -2.34. The van der Waals surface area contributed by atoms with E-state index in [-0.39, 0.29) is 17.9 Å². The molecule has 0 saturated heterocycles. The summed E-state index contributed by atoms with van der Waals surface area (Å²) in [6.45, 7) is 0. The number of halogens is 1. The first-order valence-corrected chi connectivity index (χ1v) is 8.79. The molecule has 1 aliphatic carbocycles. The van der Waals surface area contributed by atoms with Crippen molar-refractivity contribution in [1.29, 1.82) is 5.26 Å². The highest BCUT2D eigenvalue weighted by atomic mass is 19.1. The van der Waals surface area contributed by atoms with E-state index in [1.165, 1.54) is 0 Å². The van der Waals surface area contributed by atoms with Crippen molar-refractivity contribution < 1.29 is 9.50 Å². The molecule has 0 spiro atoms. The zero-order valence-electron chi connectivity index (χ0n) is 13.9. The number of rotatable bonds is 3. The Morgan fingerprint density at radius 2 is 2.28 bits per heavy atom. The molecule has 1 aliphatic heterocycles. The van der Waals surface area contributed by atoms with E-state index in [9.17, 15) is 9.50 Å². The van der Waals surface area contributed by atoms with Crippen molar-refractivity contribution in [2.75, 3.05) is 0 Å². The van der Waals surface area contributed by atoms with Crippen LogP contribution < -0.4 is 0 Å². The van der Waals surface area contributed by atoms with Crippen molar-refractivity contribution in [1.82, 2.24) is 14.5 Å². The van der Waals surface area contributed by atoms with Gasteiger partial charge in [0, 0.05) is 42.6 Å². The normalized spacial score (nSPS) is 34.4. The minimum absolute atomic E-state index is 0.124. The van der Waals surface area contributed by atoms with Gasteiger partial charge in [-0.3, -0.25) is 4.98 Å². The number of hydrogen-bond acceptors (Lipinski definition) is 4. The summed E-state index contributed by atoms with van der Waals surface area (Å²) in [6.07, 6.45) is 6.60. The van der Waals surface area contributed by atoms with E-state index >= 15 is 0 Å². The quantitative estimate of drug-likeness (QED) is 0.932. The molecular weight excluding hydrogens is 319 g/mol. The maximum atomic E-state index is 14.7. The standard InChI is InChI=1S/C19H21FN4O/c20-16-7-13(10-21)4-5-15(16)17-9-19(25,18-11-22-12-24(17)18)8-14-3-1-2-6-23-14/h1-3,6,11-13,15-17,25H,4-5,7-9H2/t13?,15?,16?,17-,19-/m1/s1. The van der Waals surface area contributed by atoms with Crippen LogP contribution in [0.1, 0.15) is 43.1 Å².